The fourth-order valence-electron chi connectivity index (χ4n) is 2.70. The van der Waals surface area contributed by atoms with Crippen molar-refractivity contribution in [1.82, 2.24) is 0 Å². The third kappa shape index (κ3) is 5.55. The van der Waals surface area contributed by atoms with E-state index in [9.17, 15) is 0 Å². The van der Waals surface area contributed by atoms with Crippen molar-refractivity contribution >= 4 is 11.6 Å². The molecule has 2 rings (SSSR count). The lowest BCUT2D eigenvalue weighted by atomic mass is 9.86. The van der Waals surface area contributed by atoms with Crippen molar-refractivity contribution in [2.45, 2.75) is 40.0 Å². The molecule has 0 radical (unpaired) electrons. The Morgan fingerprint density at radius 1 is 1.00 bits per heavy atom. The second-order valence-electron chi connectivity index (χ2n) is 7.28. The molecule has 0 unspecified atom stereocenters. The van der Waals surface area contributed by atoms with Crippen molar-refractivity contribution < 1.29 is 14.2 Å². The topological polar surface area (TPSA) is 51.5 Å². The molecule has 0 fully saturated rings. The zero-order valence-electron chi connectivity index (χ0n) is 16.6. The summed E-state index contributed by atoms with van der Waals surface area (Å²) in [6, 6.07) is 11.5. The Balaban J connectivity index is 2.08. The van der Waals surface area contributed by atoms with E-state index >= 15 is 0 Å². The van der Waals surface area contributed by atoms with Crippen molar-refractivity contribution in [3.63, 3.8) is 0 Å². The van der Waals surface area contributed by atoms with E-state index in [0.717, 1.165) is 16.9 Å². The molecule has 144 valence electrons. The third-order valence-electron chi connectivity index (χ3n) is 3.97. The summed E-state index contributed by atoms with van der Waals surface area (Å²) in [7, 11) is 0. The van der Waals surface area contributed by atoms with Gasteiger partial charge in [0.25, 0.3) is 0 Å². The number of halogens is 1. The van der Waals surface area contributed by atoms with Crippen molar-refractivity contribution in [3.8, 4) is 23.3 Å². The summed E-state index contributed by atoms with van der Waals surface area (Å²) in [6.45, 7) is 11.5. The first-order valence-electron chi connectivity index (χ1n) is 8.99. The van der Waals surface area contributed by atoms with Gasteiger partial charge in [0.1, 0.15) is 19.0 Å². The Morgan fingerprint density at radius 3 is 2.33 bits per heavy atom. The van der Waals surface area contributed by atoms with Gasteiger partial charge in [0.2, 0.25) is 0 Å². The Labute approximate surface area is 166 Å². The van der Waals surface area contributed by atoms with Crippen LogP contribution in [0.25, 0.3) is 0 Å². The van der Waals surface area contributed by atoms with E-state index in [1.807, 2.05) is 19.9 Å². The minimum absolute atomic E-state index is 0.0114. The number of rotatable bonds is 7. The zero-order chi connectivity index (χ0) is 20.0. The Bertz CT molecular complexity index is 835. The number of hydrogen-bond acceptors (Lipinski definition) is 4. The van der Waals surface area contributed by atoms with Gasteiger partial charge in [-0.25, -0.2) is 0 Å². The average Bonchev–Trinajstić information content (AvgIpc) is 2.59. The third-order valence-corrected chi connectivity index (χ3v) is 4.25. The van der Waals surface area contributed by atoms with Crippen LogP contribution in [0.4, 0.5) is 0 Å². The van der Waals surface area contributed by atoms with Crippen LogP contribution in [0.3, 0.4) is 0 Å². The van der Waals surface area contributed by atoms with Crippen molar-refractivity contribution in [2.75, 3.05) is 19.8 Å². The fraction of sp³-hybridized carbons (Fsp3) is 0.409. The van der Waals surface area contributed by atoms with Gasteiger partial charge in [0.05, 0.1) is 23.3 Å². The minimum atomic E-state index is -0.0114. The first kappa shape index (κ1) is 20.9. The van der Waals surface area contributed by atoms with Gasteiger partial charge in [-0.05, 0) is 42.5 Å². The summed E-state index contributed by atoms with van der Waals surface area (Å²) >= 11 is 6.25. The van der Waals surface area contributed by atoms with Gasteiger partial charge in [-0.15, -0.1) is 0 Å². The van der Waals surface area contributed by atoms with E-state index in [-0.39, 0.29) is 5.41 Å². The van der Waals surface area contributed by atoms with Crippen LogP contribution in [0.15, 0.2) is 30.3 Å². The quantitative estimate of drug-likeness (QED) is 0.574. The number of benzene rings is 2. The minimum Gasteiger partial charge on any atom is -0.490 e. The Hall–Kier alpha value is -2.38. The highest BCUT2D eigenvalue weighted by Gasteiger charge is 2.19. The summed E-state index contributed by atoms with van der Waals surface area (Å²) in [4.78, 5) is 0. The molecule has 0 spiro atoms. The lowest BCUT2D eigenvalue weighted by Crippen LogP contribution is -2.16. The fourth-order valence-corrected chi connectivity index (χ4v) is 2.96. The SMILES string of the molecule is CCOc1cc(C#N)cc(Cl)c1OCCOc1cc(C)ccc1C(C)(C)C. The molecule has 0 aliphatic rings. The van der Waals surface area contributed by atoms with Gasteiger partial charge < -0.3 is 14.2 Å². The van der Waals surface area contributed by atoms with Crippen LogP contribution in [0, 0.1) is 18.3 Å². The number of nitrogens with zero attached hydrogens (tertiary/aromatic N) is 1. The zero-order valence-corrected chi connectivity index (χ0v) is 17.3. The van der Waals surface area contributed by atoms with Crippen LogP contribution in [0.5, 0.6) is 17.2 Å². The normalized spacial score (nSPS) is 11.0. The molecule has 0 aromatic heterocycles. The maximum absolute atomic E-state index is 9.07. The molecule has 0 aliphatic heterocycles. The molecule has 0 atom stereocenters. The molecule has 5 heteroatoms. The number of ether oxygens (including phenoxy) is 3. The van der Waals surface area contributed by atoms with E-state index in [2.05, 4.69) is 39.0 Å². The first-order valence-corrected chi connectivity index (χ1v) is 9.37. The highest BCUT2D eigenvalue weighted by Crippen LogP contribution is 2.37. The maximum atomic E-state index is 9.07. The summed E-state index contributed by atoms with van der Waals surface area (Å²) in [6.07, 6.45) is 0. The van der Waals surface area contributed by atoms with Gasteiger partial charge in [-0.1, -0.05) is 44.5 Å². The number of hydrogen-bond donors (Lipinski definition) is 0. The Morgan fingerprint density at radius 2 is 1.70 bits per heavy atom. The summed E-state index contributed by atoms with van der Waals surface area (Å²) < 4.78 is 17.3. The van der Waals surface area contributed by atoms with Crippen molar-refractivity contribution in [1.29, 1.82) is 5.26 Å². The molecule has 0 bridgehead atoms. The molecule has 27 heavy (non-hydrogen) atoms. The second kappa shape index (κ2) is 9.01. The molecular weight excluding hydrogens is 362 g/mol. The van der Waals surface area contributed by atoms with Crippen LogP contribution >= 0.6 is 11.6 Å². The van der Waals surface area contributed by atoms with Crippen LogP contribution < -0.4 is 14.2 Å². The summed E-state index contributed by atoms with van der Waals surface area (Å²) in [5, 5.41) is 9.43. The highest BCUT2D eigenvalue weighted by molar-refractivity contribution is 6.32. The summed E-state index contributed by atoms with van der Waals surface area (Å²) in [5.74, 6) is 1.76. The van der Waals surface area contributed by atoms with E-state index in [4.69, 9.17) is 31.1 Å². The molecule has 0 saturated heterocycles. The van der Waals surface area contributed by atoms with Gasteiger partial charge in [-0.3, -0.25) is 0 Å². The predicted molar refractivity (Wildman–Crippen MR) is 108 cm³/mol. The average molecular weight is 388 g/mol. The van der Waals surface area contributed by atoms with Gasteiger partial charge >= 0.3 is 0 Å². The van der Waals surface area contributed by atoms with Crippen LogP contribution in [0.2, 0.25) is 5.02 Å². The van der Waals surface area contributed by atoms with E-state index in [1.165, 1.54) is 0 Å². The molecule has 0 aliphatic carbocycles. The predicted octanol–water partition coefficient (Wildman–Crippen LogP) is 5.67. The highest BCUT2D eigenvalue weighted by atomic mass is 35.5. The van der Waals surface area contributed by atoms with Gasteiger partial charge in [0, 0.05) is 6.07 Å². The largest absolute Gasteiger partial charge is 0.490 e. The molecule has 0 amide bonds. The summed E-state index contributed by atoms with van der Waals surface area (Å²) in [5.41, 5.74) is 2.72. The van der Waals surface area contributed by atoms with E-state index in [0.29, 0.717) is 41.9 Å². The first-order chi connectivity index (χ1) is 12.8. The molecular formula is C22H26ClNO3. The smallest absolute Gasteiger partial charge is 0.179 e. The van der Waals surface area contributed by atoms with Gasteiger partial charge in [0.15, 0.2) is 11.5 Å². The lowest BCUT2D eigenvalue weighted by molar-refractivity contribution is 0.206. The van der Waals surface area contributed by atoms with E-state index < -0.39 is 0 Å². The molecule has 0 heterocycles. The lowest BCUT2D eigenvalue weighted by Gasteiger charge is -2.23. The van der Waals surface area contributed by atoms with Crippen LogP contribution in [-0.2, 0) is 5.41 Å². The van der Waals surface area contributed by atoms with Crippen molar-refractivity contribution in [2.24, 2.45) is 0 Å². The van der Waals surface area contributed by atoms with Crippen molar-refractivity contribution in [3.05, 3.63) is 52.0 Å². The molecule has 0 saturated carbocycles. The number of aryl methyl sites for hydroxylation is 1. The van der Waals surface area contributed by atoms with Crippen LogP contribution in [-0.4, -0.2) is 19.8 Å². The molecule has 0 N–H and O–H groups in total. The maximum Gasteiger partial charge on any atom is 0.179 e. The van der Waals surface area contributed by atoms with Crippen LogP contribution in [0.1, 0.15) is 44.4 Å². The Kier molecular flexibility index (Phi) is 6.98. The number of nitriles is 1. The van der Waals surface area contributed by atoms with Gasteiger partial charge in [-0.2, -0.15) is 5.26 Å². The standard InChI is InChI=1S/C22H26ClNO3/c1-6-25-20-13-16(14-24)12-18(23)21(20)27-10-9-26-19-11-15(2)7-8-17(19)22(3,4)5/h7-8,11-13H,6,9-10H2,1-5H3. The monoisotopic (exact) mass is 387 g/mol. The molecule has 2 aromatic carbocycles. The second-order valence-corrected chi connectivity index (χ2v) is 7.68. The van der Waals surface area contributed by atoms with E-state index in [1.54, 1.807) is 12.1 Å². The molecule has 2 aromatic rings. The molecule has 4 nitrogen and oxygen atoms in total.